The molecule has 1 aliphatic heterocycles. The fourth-order valence-corrected chi connectivity index (χ4v) is 20.4. The zero-order chi connectivity index (χ0) is 22.4. The van der Waals surface area contributed by atoms with Crippen molar-refractivity contribution < 1.29 is 0 Å². The molecular weight excluding hydrogens is 517 g/mol. The van der Waals surface area contributed by atoms with Gasteiger partial charge in [0.25, 0.3) is 0 Å². The molecule has 5 heteroatoms. The summed E-state index contributed by atoms with van der Waals surface area (Å²) in [5.74, 6) is 3.21. The summed E-state index contributed by atoms with van der Waals surface area (Å²) in [5, 5.41) is 0. The zero-order valence-corrected chi connectivity index (χ0v) is 22.7. The van der Waals surface area contributed by atoms with Gasteiger partial charge in [0.05, 0.1) is 0 Å². The first kappa shape index (κ1) is 23.6. The number of nitrogens with zero attached hydrogens (tertiary/aromatic N) is 2. The molecule has 32 heavy (non-hydrogen) atoms. The SMILES string of the molecule is CN1CCCN(C)B1/C=[C](/CCCl)[Sn]([c]1ccccc1)([c]1ccccc1)[c]1ccccc1. The Hall–Kier alpha value is -1.53. The van der Waals surface area contributed by atoms with Crippen molar-refractivity contribution in [1.29, 1.82) is 0 Å². The molecule has 0 saturated carbocycles. The second-order valence-electron chi connectivity index (χ2n) is 8.71. The van der Waals surface area contributed by atoms with E-state index in [9.17, 15) is 0 Å². The maximum absolute atomic E-state index is 6.52. The monoisotopic (exact) mass is 550 g/mol. The molecule has 2 nitrogen and oxygen atoms in total. The Morgan fingerprint density at radius 2 is 1.19 bits per heavy atom. The van der Waals surface area contributed by atoms with Crippen LogP contribution in [0.1, 0.15) is 12.8 Å². The molecule has 0 radical (unpaired) electrons. The van der Waals surface area contributed by atoms with Gasteiger partial charge in [-0.3, -0.25) is 0 Å². The predicted molar refractivity (Wildman–Crippen MR) is 143 cm³/mol. The van der Waals surface area contributed by atoms with E-state index < -0.39 is 18.4 Å². The van der Waals surface area contributed by atoms with Gasteiger partial charge in [-0.05, 0) is 0 Å². The molecule has 3 aromatic rings. The molecule has 3 aromatic carbocycles. The molecule has 164 valence electrons. The van der Waals surface area contributed by atoms with Crippen LogP contribution in [0.25, 0.3) is 0 Å². The summed E-state index contributed by atoms with van der Waals surface area (Å²) in [6, 6.07) is 33.7. The number of halogens is 1. The van der Waals surface area contributed by atoms with Gasteiger partial charge in [-0.2, -0.15) is 0 Å². The molecule has 0 aromatic heterocycles. The van der Waals surface area contributed by atoms with Crippen molar-refractivity contribution >= 4 is 47.7 Å². The average molecular weight is 550 g/mol. The van der Waals surface area contributed by atoms with Crippen LogP contribution in [0, 0.1) is 0 Å². The van der Waals surface area contributed by atoms with Gasteiger partial charge in [0.1, 0.15) is 0 Å². The van der Waals surface area contributed by atoms with Crippen LogP contribution in [0.5, 0.6) is 0 Å². The Kier molecular flexibility index (Phi) is 8.17. The number of allylic oxidation sites excluding steroid dienone is 1. The second-order valence-corrected chi connectivity index (χ2v) is 20.1. The summed E-state index contributed by atoms with van der Waals surface area (Å²) in [7, 11) is 4.50. The van der Waals surface area contributed by atoms with Crippen LogP contribution in [-0.2, 0) is 0 Å². The van der Waals surface area contributed by atoms with Gasteiger partial charge in [-0.25, -0.2) is 0 Å². The summed E-state index contributed by atoms with van der Waals surface area (Å²) in [5.41, 5.74) is 0. The Bertz CT molecular complexity index is 907. The minimum atomic E-state index is -3.56. The standard InChI is InChI=1S/C9H17BClN2.3C6H5.Sn/c1-12-8-5-9-13(2)10(12)6-3-4-7-11;3*1-2-4-6-5-3-1;/h6H,4-5,7-9H2,1-2H3;3*1-5H;. The van der Waals surface area contributed by atoms with Gasteiger partial charge < -0.3 is 0 Å². The number of benzene rings is 3. The Labute approximate surface area is 202 Å². The first-order valence-electron chi connectivity index (χ1n) is 11.5. The van der Waals surface area contributed by atoms with E-state index in [4.69, 9.17) is 11.6 Å². The normalized spacial score (nSPS) is 16.3. The van der Waals surface area contributed by atoms with Gasteiger partial charge in [0.2, 0.25) is 0 Å². The Morgan fingerprint density at radius 3 is 1.56 bits per heavy atom. The molecule has 1 heterocycles. The van der Waals surface area contributed by atoms with E-state index in [2.05, 4.69) is 121 Å². The van der Waals surface area contributed by atoms with Gasteiger partial charge in [-0.15, -0.1) is 0 Å². The van der Waals surface area contributed by atoms with Crippen LogP contribution in [0.2, 0.25) is 0 Å². The fourth-order valence-electron chi connectivity index (χ4n) is 5.22. The van der Waals surface area contributed by atoms with E-state index in [1.54, 1.807) is 3.59 Å². The van der Waals surface area contributed by atoms with Crippen molar-refractivity contribution in [2.45, 2.75) is 12.8 Å². The van der Waals surface area contributed by atoms with Crippen LogP contribution in [0.15, 0.2) is 101 Å². The third kappa shape index (κ3) is 4.72. The molecule has 0 amide bonds. The number of hydrogen-bond donors (Lipinski definition) is 0. The van der Waals surface area contributed by atoms with Gasteiger partial charge in [0.15, 0.2) is 0 Å². The van der Waals surface area contributed by atoms with Crippen molar-refractivity contribution in [3.8, 4) is 0 Å². The van der Waals surface area contributed by atoms with E-state index >= 15 is 0 Å². The fraction of sp³-hybridized carbons (Fsp3) is 0.259. The minimum absolute atomic E-state index is 0.300. The van der Waals surface area contributed by atoms with Crippen LogP contribution >= 0.6 is 11.6 Å². The van der Waals surface area contributed by atoms with Crippen LogP contribution in [-0.4, -0.2) is 68.0 Å². The Balaban J connectivity index is 2.04. The molecule has 0 bridgehead atoms. The number of alkyl halides is 1. The van der Waals surface area contributed by atoms with Gasteiger partial charge in [-0.1, -0.05) is 0 Å². The summed E-state index contributed by atoms with van der Waals surface area (Å²) in [4.78, 5) is 4.96. The summed E-state index contributed by atoms with van der Waals surface area (Å²) < 4.78 is 6.01. The third-order valence-electron chi connectivity index (χ3n) is 6.74. The van der Waals surface area contributed by atoms with E-state index in [1.165, 1.54) is 17.2 Å². The first-order chi connectivity index (χ1) is 15.7. The van der Waals surface area contributed by atoms with Crippen LogP contribution in [0.4, 0.5) is 0 Å². The van der Waals surface area contributed by atoms with Crippen molar-refractivity contribution in [2.24, 2.45) is 0 Å². The molecule has 1 aliphatic rings. The molecule has 0 atom stereocenters. The molecule has 0 unspecified atom stereocenters. The van der Waals surface area contributed by atoms with Crippen molar-refractivity contribution in [3.63, 3.8) is 0 Å². The first-order valence-corrected chi connectivity index (χ1v) is 17.8. The number of rotatable bonds is 7. The van der Waals surface area contributed by atoms with E-state index in [0.717, 1.165) is 19.5 Å². The van der Waals surface area contributed by atoms with Gasteiger partial charge in [0, 0.05) is 0 Å². The Morgan fingerprint density at radius 1 is 0.781 bits per heavy atom. The van der Waals surface area contributed by atoms with E-state index in [0.29, 0.717) is 12.9 Å². The molecule has 0 spiro atoms. The molecule has 0 aliphatic carbocycles. The summed E-state index contributed by atoms with van der Waals surface area (Å²) in [6.45, 7) is 2.56. The van der Waals surface area contributed by atoms with Crippen molar-refractivity contribution in [1.82, 2.24) is 9.62 Å². The quantitative estimate of drug-likeness (QED) is 0.329. The molecular formula is C27H32BClN2Sn. The van der Waals surface area contributed by atoms with E-state index in [1.807, 2.05) is 0 Å². The van der Waals surface area contributed by atoms with Gasteiger partial charge >= 0.3 is 204 Å². The third-order valence-corrected chi connectivity index (χ3v) is 21.1. The van der Waals surface area contributed by atoms with Crippen molar-refractivity contribution in [3.05, 3.63) is 101 Å². The van der Waals surface area contributed by atoms with E-state index in [-0.39, 0.29) is 0 Å². The molecule has 1 saturated heterocycles. The van der Waals surface area contributed by atoms with Crippen molar-refractivity contribution in [2.75, 3.05) is 33.1 Å². The predicted octanol–water partition coefficient (Wildman–Crippen LogP) is 3.55. The molecule has 4 rings (SSSR count). The van der Waals surface area contributed by atoms with Crippen LogP contribution < -0.4 is 10.7 Å². The summed E-state index contributed by atoms with van der Waals surface area (Å²) >= 11 is 2.96. The second kappa shape index (κ2) is 11.1. The topological polar surface area (TPSA) is 6.48 Å². The molecule has 0 N–H and O–H groups in total. The van der Waals surface area contributed by atoms with Crippen LogP contribution in [0.3, 0.4) is 0 Å². The number of hydrogen-bond acceptors (Lipinski definition) is 2. The molecule has 1 fully saturated rings. The summed E-state index contributed by atoms with van der Waals surface area (Å²) in [6.07, 6.45) is 2.13. The maximum atomic E-state index is 6.52. The zero-order valence-electron chi connectivity index (χ0n) is 19.1. The average Bonchev–Trinajstić information content (AvgIpc) is 2.84.